The van der Waals surface area contributed by atoms with Gasteiger partial charge in [-0.3, -0.25) is 0 Å². The van der Waals surface area contributed by atoms with Gasteiger partial charge in [-0.25, -0.2) is 0 Å². The molecule has 0 aliphatic carbocycles. The first-order valence-corrected chi connectivity index (χ1v) is 3.41. The van der Waals surface area contributed by atoms with E-state index in [4.69, 9.17) is 0 Å². The Hall–Kier alpha value is -0.720. The molecule has 0 radical (unpaired) electrons. The monoisotopic (exact) mass is 123 g/mol. The molecule has 1 nitrogen and oxygen atoms in total. The Morgan fingerprint density at radius 2 is 2.44 bits per heavy atom. The molecule has 1 aliphatic heterocycles. The molecule has 9 heavy (non-hydrogen) atoms. The summed E-state index contributed by atoms with van der Waals surface area (Å²) < 4.78 is 0. The molecular weight excluding hydrogens is 110 g/mol. The van der Waals surface area contributed by atoms with Gasteiger partial charge in [0.25, 0.3) is 0 Å². The zero-order valence-electron chi connectivity index (χ0n) is 6.09. The van der Waals surface area contributed by atoms with E-state index in [2.05, 4.69) is 37.3 Å². The fraction of sp³-hybridized carbons (Fsp3) is 0.500. The third-order valence-electron chi connectivity index (χ3n) is 1.56. The third-order valence-corrected chi connectivity index (χ3v) is 1.56. The first-order valence-electron chi connectivity index (χ1n) is 3.41. The number of allylic oxidation sites excluding steroid dienone is 2. The average Bonchev–Trinajstić information content (AvgIpc) is 1.88. The fourth-order valence-corrected chi connectivity index (χ4v) is 0.990. The molecule has 0 amide bonds. The second kappa shape index (κ2) is 2.72. The van der Waals surface area contributed by atoms with E-state index >= 15 is 0 Å². The van der Waals surface area contributed by atoms with Crippen molar-refractivity contribution in [2.24, 2.45) is 0 Å². The molecule has 0 N–H and O–H groups in total. The van der Waals surface area contributed by atoms with Crippen molar-refractivity contribution in [3.05, 3.63) is 24.0 Å². The van der Waals surface area contributed by atoms with E-state index in [1.165, 1.54) is 12.0 Å². The SMILES string of the molecule is CCC1=CN(C)C=CC1. The molecule has 50 valence electrons. The van der Waals surface area contributed by atoms with Gasteiger partial charge in [-0.1, -0.05) is 18.6 Å². The summed E-state index contributed by atoms with van der Waals surface area (Å²) in [6, 6.07) is 0. The summed E-state index contributed by atoms with van der Waals surface area (Å²) in [6.07, 6.45) is 8.80. The van der Waals surface area contributed by atoms with Crippen molar-refractivity contribution in [1.82, 2.24) is 4.90 Å². The summed E-state index contributed by atoms with van der Waals surface area (Å²) >= 11 is 0. The van der Waals surface area contributed by atoms with Crippen molar-refractivity contribution in [1.29, 1.82) is 0 Å². The Morgan fingerprint density at radius 3 is 2.89 bits per heavy atom. The molecule has 0 aromatic carbocycles. The van der Waals surface area contributed by atoms with Crippen molar-refractivity contribution in [3.8, 4) is 0 Å². The maximum atomic E-state index is 2.19. The molecule has 0 saturated heterocycles. The van der Waals surface area contributed by atoms with Crippen LogP contribution in [0, 0.1) is 0 Å². The topological polar surface area (TPSA) is 3.24 Å². The Labute approximate surface area is 56.7 Å². The van der Waals surface area contributed by atoms with Gasteiger partial charge in [0.1, 0.15) is 0 Å². The van der Waals surface area contributed by atoms with Crippen LogP contribution < -0.4 is 0 Å². The average molecular weight is 123 g/mol. The van der Waals surface area contributed by atoms with Crippen LogP contribution in [0.2, 0.25) is 0 Å². The zero-order valence-corrected chi connectivity index (χ0v) is 6.09. The first-order chi connectivity index (χ1) is 4.33. The normalized spacial score (nSPS) is 18.0. The largest absolute Gasteiger partial charge is 0.358 e. The predicted octanol–water partition coefficient (Wildman–Crippen LogP) is 2.13. The quantitative estimate of drug-likeness (QED) is 0.516. The van der Waals surface area contributed by atoms with Gasteiger partial charge in [0.05, 0.1) is 0 Å². The molecule has 1 aliphatic rings. The van der Waals surface area contributed by atoms with Crippen LogP contribution in [0.15, 0.2) is 24.0 Å². The van der Waals surface area contributed by atoms with Crippen LogP contribution in [0.25, 0.3) is 0 Å². The lowest BCUT2D eigenvalue weighted by Crippen LogP contribution is -2.05. The van der Waals surface area contributed by atoms with Gasteiger partial charge in [0.2, 0.25) is 0 Å². The smallest absolute Gasteiger partial charge is 0.0106 e. The van der Waals surface area contributed by atoms with Gasteiger partial charge in [-0.05, 0) is 19.0 Å². The Balaban J connectivity index is 2.55. The molecule has 0 aromatic heterocycles. The molecule has 0 unspecified atom stereocenters. The second-order valence-corrected chi connectivity index (χ2v) is 2.40. The summed E-state index contributed by atoms with van der Waals surface area (Å²) in [5.74, 6) is 0. The van der Waals surface area contributed by atoms with Crippen LogP contribution >= 0.6 is 0 Å². The first kappa shape index (κ1) is 6.40. The zero-order chi connectivity index (χ0) is 6.69. The second-order valence-electron chi connectivity index (χ2n) is 2.40. The summed E-state index contributed by atoms with van der Waals surface area (Å²) in [5, 5.41) is 0. The van der Waals surface area contributed by atoms with Gasteiger partial charge < -0.3 is 4.90 Å². The van der Waals surface area contributed by atoms with Crippen molar-refractivity contribution >= 4 is 0 Å². The third kappa shape index (κ3) is 1.60. The summed E-state index contributed by atoms with van der Waals surface area (Å²) in [7, 11) is 2.06. The highest BCUT2D eigenvalue weighted by Gasteiger charge is 1.97. The molecule has 0 saturated carbocycles. The number of hydrogen-bond acceptors (Lipinski definition) is 1. The molecule has 0 bridgehead atoms. The van der Waals surface area contributed by atoms with Gasteiger partial charge >= 0.3 is 0 Å². The Bertz CT molecular complexity index is 145. The van der Waals surface area contributed by atoms with Gasteiger partial charge in [-0.15, -0.1) is 0 Å². The minimum absolute atomic E-state index is 1.14. The summed E-state index contributed by atoms with van der Waals surface area (Å²) in [4.78, 5) is 2.10. The van der Waals surface area contributed by atoms with E-state index in [0.29, 0.717) is 0 Å². The van der Waals surface area contributed by atoms with Gasteiger partial charge in [-0.2, -0.15) is 0 Å². The number of rotatable bonds is 1. The molecule has 1 rings (SSSR count). The van der Waals surface area contributed by atoms with E-state index in [1.54, 1.807) is 0 Å². The lowest BCUT2D eigenvalue weighted by atomic mass is 10.1. The van der Waals surface area contributed by atoms with Crippen molar-refractivity contribution in [3.63, 3.8) is 0 Å². The number of hydrogen-bond donors (Lipinski definition) is 0. The lowest BCUT2D eigenvalue weighted by Gasteiger charge is -2.14. The summed E-state index contributed by atoms with van der Waals surface area (Å²) in [5.41, 5.74) is 1.51. The van der Waals surface area contributed by atoms with E-state index in [-0.39, 0.29) is 0 Å². The molecule has 0 fully saturated rings. The Morgan fingerprint density at radius 1 is 1.67 bits per heavy atom. The van der Waals surface area contributed by atoms with Crippen LogP contribution in [0.3, 0.4) is 0 Å². The minimum atomic E-state index is 1.14. The highest BCUT2D eigenvalue weighted by molar-refractivity contribution is 5.12. The van der Waals surface area contributed by atoms with E-state index in [0.717, 1.165) is 6.42 Å². The van der Waals surface area contributed by atoms with E-state index in [9.17, 15) is 0 Å². The van der Waals surface area contributed by atoms with Gasteiger partial charge in [0, 0.05) is 13.2 Å². The van der Waals surface area contributed by atoms with E-state index < -0.39 is 0 Å². The maximum absolute atomic E-state index is 2.19. The molecule has 0 spiro atoms. The molecule has 1 heteroatoms. The fourth-order valence-electron chi connectivity index (χ4n) is 0.990. The van der Waals surface area contributed by atoms with Crippen LogP contribution in [0.1, 0.15) is 19.8 Å². The van der Waals surface area contributed by atoms with Crippen molar-refractivity contribution in [2.75, 3.05) is 7.05 Å². The standard InChI is InChI=1S/C8H13N/c1-3-8-5-4-6-9(2)7-8/h4,6-7H,3,5H2,1-2H3. The van der Waals surface area contributed by atoms with Gasteiger partial charge in [0.15, 0.2) is 0 Å². The van der Waals surface area contributed by atoms with Crippen LogP contribution in [-0.2, 0) is 0 Å². The lowest BCUT2D eigenvalue weighted by molar-refractivity contribution is 0.598. The molecule has 1 heterocycles. The van der Waals surface area contributed by atoms with Crippen molar-refractivity contribution in [2.45, 2.75) is 19.8 Å². The predicted molar refractivity (Wildman–Crippen MR) is 39.9 cm³/mol. The number of nitrogens with zero attached hydrogens (tertiary/aromatic N) is 1. The summed E-state index contributed by atoms with van der Waals surface area (Å²) in [6.45, 7) is 2.19. The van der Waals surface area contributed by atoms with E-state index in [1.807, 2.05) is 0 Å². The maximum Gasteiger partial charge on any atom is 0.0106 e. The van der Waals surface area contributed by atoms with Crippen molar-refractivity contribution < 1.29 is 0 Å². The molecular formula is C8H13N. The molecule has 0 atom stereocenters. The minimum Gasteiger partial charge on any atom is -0.358 e. The highest BCUT2D eigenvalue weighted by atomic mass is 15.0. The highest BCUT2D eigenvalue weighted by Crippen LogP contribution is 2.12. The van der Waals surface area contributed by atoms with Crippen LogP contribution in [0.4, 0.5) is 0 Å². The van der Waals surface area contributed by atoms with Crippen LogP contribution in [-0.4, -0.2) is 11.9 Å². The Kier molecular flexibility index (Phi) is 1.93. The molecule has 0 aromatic rings. The van der Waals surface area contributed by atoms with Crippen LogP contribution in [0.5, 0.6) is 0 Å².